The number of rotatable bonds is 2. The number of aryl methyl sites for hydroxylation is 1. The van der Waals surface area contributed by atoms with Crippen molar-refractivity contribution in [2.45, 2.75) is 32.2 Å². The van der Waals surface area contributed by atoms with Crippen LogP contribution in [0.1, 0.15) is 25.0 Å². The number of hydrogen-bond acceptors (Lipinski definition) is 3. The van der Waals surface area contributed by atoms with Crippen LogP contribution in [0.2, 0.25) is 0 Å². The van der Waals surface area contributed by atoms with Crippen molar-refractivity contribution in [3.05, 3.63) is 24.0 Å². The molecule has 2 heterocycles. The topological polar surface area (TPSA) is 54.0 Å². The fraction of sp³-hybridized carbons (Fsp3) is 0.571. The van der Waals surface area contributed by atoms with Crippen LogP contribution in [0.15, 0.2) is 18.3 Å². The SMILES string of the molecule is Cc1ccc(NC(=O)C2NCC3CCCC32)cn1. The summed E-state index contributed by atoms with van der Waals surface area (Å²) in [4.78, 5) is 16.4. The molecule has 2 N–H and O–H groups in total. The molecular weight excluding hydrogens is 226 g/mol. The molecule has 1 aliphatic carbocycles. The van der Waals surface area contributed by atoms with Gasteiger partial charge in [0.05, 0.1) is 17.9 Å². The lowest BCUT2D eigenvalue weighted by molar-refractivity contribution is -0.118. The Labute approximate surface area is 107 Å². The van der Waals surface area contributed by atoms with Crippen LogP contribution >= 0.6 is 0 Å². The van der Waals surface area contributed by atoms with Gasteiger partial charge in [0.2, 0.25) is 5.91 Å². The standard InChI is InChI=1S/C14H19N3O/c1-9-5-6-11(8-15-9)17-14(18)13-12-4-2-3-10(12)7-16-13/h5-6,8,10,12-13,16H,2-4,7H2,1H3,(H,17,18). The second kappa shape index (κ2) is 4.69. The Balaban J connectivity index is 1.66. The van der Waals surface area contributed by atoms with Gasteiger partial charge in [-0.1, -0.05) is 6.42 Å². The molecule has 0 aromatic carbocycles. The monoisotopic (exact) mass is 245 g/mol. The Kier molecular flexibility index (Phi) is 3.04. The fourth-order valence-electron chi connectivity index (χ4n) is 3.24. The number of anilines is 1. The van der Waals surface area contributed by atoms with E-state index in [1.54, 1.807) is 6.20 Å². The van der Waals surface area contributed by atoms with E-state index < -0.39 is 0 Å². The smallest absolute Gasteiger partial charge is 0.241 e. The molecule has 4 nitrogen and oxygen atoms in total. The number of hydrogen-bond donors (Lipinski definition) is 2. The highest BCUT2D eigenvalue weighted by molar-refractivity contribution is 5.95. The lowest BCUT2D eigenvalue weighted by atomic mass is 9.93. The highest BCUT2D eigenvalue weighted by atomic mass is 16.2. The Morgan fingerprint density at radius 3 is 3.11 bits per heavy atom. The lowest BCUT2D eigenvalue weighted by Gasteiger charge is -2.17. The summed E-state index contributed by atoms with van der Waals surface area (Å²) < 4.78 is 0. The zero-order valence-electron chi connectivity index (χ0n) is 10.6. The van der Waals surface area contributed by atoms with Crippen LogP contribution in [0.3, 0.4) is 0 Å². The Bertz CT molecular complexity index is 443. The maximum Gasteiger partial charge on any atom is 0.241 e. The van der Waals surface area contributed by atoms with Crippen molar-refractivity contribution >= 4 is 11.6 Å². The van der Waals surface area contributed by atoms with Crippen LogP contribution in [0.4, 0.5) is 5.69 Å². The van der Waals surface area contributed by atoms with Gasteiger partial charge < -0.3 is 10.6 Å². The summed E-state index contributed by atoms with van der Waals surface area (Å²) in [5, 5.41) is 6.32. The minimum Gasteiger partial charge on any atom is -0.323 e. The van der Waals surface area contributed by atoms with Crippen molar-refractivity contribution in [3.63, 3.8) is 0 Å². The number of pyridine rings is 1. The van der Waals surface area contributed by atoms with E-state index in [4.69, 9.17) is 0 Å². The second-order valence-electron chi connectivity index (χ2n) is 5.42. The molecule has 0 bridgehead atoms. The molecule has 3 atom stereocenters. The lowest BCUT2D eigenvalue weighted by Crippen LogP contribution is -2.39. The Morgan fingerprint density at radius 2 is 2.33 bits per heavy atom. The van der Waals surface area contributed by atoms with Gasteiger partial charge in [-0.25, -0.2) is 0 Å². The largest absolute Gasteiger partial charge is 0.323 e. The summed E-state index contributed by atoms with van der Waals surface area (Å²) in [6, 6.07) is 3.80. The molecule has 3 unspecified atom stereocenters. The first-order chi connectivity index (χ1) is 8.74. The molecular formula is C14H19N3O. The third-order valence-electron chi connectivity index (χ3n) is 4.21. The van der Waals surface area contributed by atoms with Gasteiger partial charge in [0.25, 0.3) is 0 Å². The minimum atomic E-state index is -0.0150. The Morgan fingerprint density at radius 1 is 1.44 bits per heavy atom. The summed E-state index contributed by atoms with van der Waals surface area (Å²) in [6.45, 7) is 2.93. The zero-order valence-corrected chi connectivity index (χ0v) is 10.6. The summed E-state index contributed by atoms with van der Waals surface area (Å²) >= 11 is 0. The molecule has 96 valence electrons. The van der Waals surface area contributed by atoms with Crippen molar-refractivity contribution in [3.8, 4) is 0 Å². The fourth-order valence-corrected chi connectivity index (χ4v) is 3.24. The molecule has 0 spiro atoms. The molecule has 2 fully saturated rings. The molecule has 1 aromatic rings. The van der Waals surface area contributed by atoms with Gasteiger partial charge in [0.15, 0.2) is 0 Å². The maximum atomic E-state index is 12.2. The van der Waals surface area contributed by atoms with Crippen LogP contribution < -0.4 is 10.6 Å². The molecule has 1 aromatic heterocycles. The van der Waals surface area contributed by atoms with E-state index in [0.29, 0.717) is 11.8 Å². The maximum absolute atomic E-state index is 12.2. The van der Waals surface area contributed by atoms with Crippen molar-refractivity contribution in [1.82, 2.24) is 10.3 Å². The number of carbonyl (C=O) groups excluding carboxylic acids is 1. The van der Waals surface area contributed by atoms with E-state index in [1.807, 2.05) is 19.1 Å². The normalized spacial score (nSPS) is 30.2. The van der Waals surface area contributed by atoms with Crippen molar-refractivity contribution in [2.75, 3.05) is 11.9 Å². The molecule has 3 rings (SSSR count). The number of amides is 1. The minimum absolute atomic E-state index is 0.0150. The predicted octanol–water partition coefficient (Wildman–Crippen LogP) is 1.72. The quantitative estimate of drug-likeness (QED) is 0.834. The van der Waals surface area contributed by atoms with Crippen LogP contribution in [-0.2, 0) is 4.79 Å². The van der Waals surface area contributed by atoms with Gasteiger partial charge >= 0.3 is 0 Å². The number of nitrogens with one attached hydrogen (secondary N) is 2. The number of carbonyl (C=O) groups is 1. The molecule has 18 heavy (non-hydrogen) atoms. The van der Waals surface area contributed by atoms with E-state index in [1.165, 1.54) is 19.3 Å². The molecule has 1 saturated carbocycles. The van der Waals surface area contributed by atoms with E-state index in [0.717, 1.165) is 17.9 Å². The van der Waals surface area contributed by atoms with Crippen LogP contribution in [0, 0.1) is 18.8 Å². The summed E-state index contributed by atoms with van der Waals surface area (Å²) in [6.07, 6.45) is 5.44. The van der Waals surface area contributed by atoms with Crippen LogP contribution in [0.5, 0.6) is 0 Å². The van der Waals surface area contributed by atoms with Crippen molar-refractivity contribution in [2.24, 2.45) is 11.8 Å². The van der Waals surface area contributed by atoms with Gasteiger partial charge in [-0.05, 0) is 50.3 Å². The van der Waals surface area contributed by atoms with Gasteiger partial charge in [0.1, 0.15) is 0 Å². The Hall–Kier alpha value is -1.42. The molecule has 1 saturated heterocycles. The molecule has 2 aliphatic rings. The third kappa shape index (κ3) is 2.12. The highest BCUT2D eigenvalue weighted by Crippen LogP contribution is 2.37. The van der Waals surface area contributed by atoms with Gasteiger partial charge in [-0.3, -0.25) is 9.78 Å². The summed E-state index contributed by atoms with van der Waals surface area (Å²) in [5.41, 5.74) is 1.75. The van der Waals surface area contributed by atoms with Gasteiger partial charge in [0, 0.05) is 5.69 Å². The second-order valence-corrected chi connectivity index (χ2v) is 5.42. The zero-order chi connectivity index (χ0) is 12.5. The number of fused-ring (bicyclic) bond motifs is 1. The van der Waals surface area contributed by atoms with Crippen molar-refractivity contribution in [1.29, 1.82) is 0 Å². The van der Waals surface area contributed by atoms with Crippen molar-refractivity contribution < 1.29 is 4.79 Å². The number of aromatic nitrogens is 1. The first kappa shape index (κ1) is 11.7. The highest BCUT2D eigenvalue weighted by Gasteiger charge is 2.42. The van der Waals surface area contributed by atoms with E-state index in [9.17, 15) is 4.79 Å². The molecule has 1 aliphatic heterocycles. The van der Waals surface area contributed by atoms with Crippen LogP contribution in [0.25, 0.3) is 0 Å². The van der Waals surface area contributed by atoms with E-state index >= 15 is 0 Å². The molecule has 0 radical (unpaired) electrons. The predicted molar refractivity (Wildman–Crippen MR) is 70.2 cm³/mol. The average Bonchev–Trinajstić information content (AvgIpc) is 2.93. The first-order valence-corrected chi connectivity index (χ1v) is 6.71. The summed E-state index contributed by atoms with van der Waals surface area (Å²) in [5.74, 6) is 1.33. The molecule has 1 amide bonds. The summed E-state index contributed by atoms with van der Waals surface area (Å²) in [7, 11) is 0. The van der Waals surface area contributed by atoms with Gasteiger partial charge in [-0.15, -0.1) is 0 Å². The molecule has 4 heteroatoms. The van der Waals surface area contributed by atoms with E-state index in [-0.39, 0.29) is 11.9 Å². The average molecular weight is 245 g/mol. The van der Waals surface area contributed by atoms with Crippen LogP contribution in [-0.4, -0.2) is 23.5 Å². The first-order valence-electron chi connectivity index (χ1n) is 6.71. The number of nitrogens with zero attached hydrogens (tertiary/aromatic N) is 1. The van der Waals surface area contributed by atoms with E-state index in [2.05, 4.69) is 15.6 Å². The third-order valence-corrected chi connectivity index (χ3v) is 4.21. The van der Waals surface area contributed by atoms with Gasteiger partial charge in [-0.2, -0.15) is 0 Å².